The van der Waals surface area contributed by atoms with Gasteiger partial charge in [0.15, 0.2) is 5.11 Å². The molecule has 0 radical (unpaired) electrons. The number of thiocarbonyl (C=S) groups is 1. The van der Waals surface area contributed by atoms with Crippen molar-refractivity contribution in [3.8, 4) is 11.5 Å². The lowest BCUT2D eigenvalue weighted by atomic mass is 10.0. The predicted molar refractivity (Wildman–Crippen MR) is 153 cm³/mol. The summed E-state index contributed by atoms with van der Waals surface area (Å²) in [7, 11) is 0. The highest BCUT2D eigenvalue weighted by Gasteiger charge is 2.42. The average Bonchev–Trinajstić information content (AvgIpc) is 3.55. The Labute approximate surface area is 227 Å². The van der Waals surface area contributed by atoms with Crippen LogP contribution >= 0.6 is 12.2 Å². The summed E-state index contributed by atoms with van der Waals surface area (Å²) in [5, 5.41) is 4.21. The Hall–Kier alpha value is -4.49. The second-order valence-electron chi connectivity index (χ2n) is 9.28. The monoisotopic (exact) mass is 517 g/mol. The number of hydrogen-bond acceptors (Lipinski definition) is 4. The summed E-state index contributed by atoms with van der Waals surface area (Å²) in [5.74, 6) is 1.62. The van der Waals surface area contributed by atoms with Crippen molar-refractivity contribution in [3.05, 3.63) is 138 Å². The minimum atomic E-state index is -0.117. The second-order valence-corrected chi connectivity index (χ2v) is 9.67. The molecule has 1 N–H and O–H groups in total. The lowest BCUT2D eigenvalue weighted by molar-refractivity contribution is 0.479. The number of aromatic nitrogens is 3. The molecule has 0 unspecified atom stereocenters. The smallest absolute Gasteiger partial charge is 0.174 e. The van der Waals surface area contributed by atoms with Gasteiger partial charge >= 0.3 is 0 Å². The number of ether oxygens (including phenoxy) is 1. The highest BCUT2D eigenvalue weighted by Crippen LogP contribution is 2.42. The highest BCUT2D eigenvalue weighted by molar-refractivity contribution is 7.80. The average molecular weight is 518 g/mol. The Balaban J connectivity index is 1.36. The third-order valence-corrected chi connectivity index (χ3v) is 7.09. The van der Waals surface area contributed by atoms with Crippen LogP contribution in [0.4, 0.5) is 5.69 Å². The Morgan fingerprint density at radius 2 is 1.74 bits per heavy atom. The summed E-state index contributed by atoms with van der Waals surface area (Å²) in [6.07, 6.45) is 7.63. The molecule has 0 aliphatic carbocycles. The maximum atomic E-state index is 6.14. The Bertz CT molecular complexity index is 1540. The van der Waals surface area contributed by atoms with Crippen LogP contribution in [0.5, 0.6) is 11.5 Å². The molecule has 0 spiro atoms. The van der Waals surface area contributed by atoms with Gasteiger partial charge in [0.1, 0.15) is 17.5 Å². The summed E-state index contributed by atoms with van der Waals surface area (Å²) < 4.78 is 8.40. The van der Waals surface area contributed by atoms with Gasteiger partial charge in [0, 0.05) is 42.7 Å². The van der Waals surface area contributed by atoms with Crippen molar-refractivity contribution < 1.29 is 4.74 Å². The van der Waals surface area contributed by atoms with Gasteiger partial charge in [0.25, 0.3) is 0 Å². The SMILES string of the molecule is Cc1ccccc1Oc1ccc(N2C(=S)N[C@@H](c3ccccn3)[C@@H]2c2cccn2Cc2cccnc2)cc1. The minimum absolute atomic E-state index is 0.104. The first-order valence-electron chi connectivity index (χ1n) is 12.6. The molecule has 6 rings (SSSR count). The van der Waals surface area contributed by atoms with E-state index in [2.05, 4.69) is 61.3 Å². The van der Waals surface area contributed by atoms with Crippen LogP contribution in [-0.2, 0) is 6.54 Å². The zero-order chi connectivity index (χ0) is 25.9. The van der Waals surface area contributed by atoms with Crippen LogP contribution in [0.15, 0.2) is 116 Å². The van der Waals surface area contributed by atoms with Gasteiger partial charge in [-0.3, -0.25) is 9.97 Å². The number of nitrogens with zero attached hydrogens (tertiary/aromatic N) is 4. The molecule has 0 bridgehead atoms. The Kier molecular flexibility index (Phi) is 6.58. The molecule has 1 aliphatic rings. The molecule has 1 aliphatic heterocycles. The van der Waals surface area contributed by atoms with Crippen molar-refractivity contribution in [2.75, 3.05) is 4.90 Å². The number of benzene rings is 2. The van der Waals surface area contributed by atoms with Gasteiger partial charge in [-0.1, -0.05) is 30.3 Å². The van der Waals surface area contributed by atoms with Crippen LogP contribution < -0.4 is 15.0 Å². The predicted octanol–water partition coefficient (Wildman–Crippen LogP) is 6.60. The molecule has 2 atom stereocenters. The molecule has 7 heteroatoms. The second kappa shape index (κ2) is 10.5. The number of rotatable bonds is 7. The molecule has 4 heterocycles. The van der Waals surface area contributed by atoms with E-state index in [-0.39, 0.29) is 12.1 Å². The van der Waals surface area contributed by atoms with Crippen LogP contribution in [0.2, 0.25) is 0 Å². The van der Waals surface area contributed by atoms with E-state index in [1.54, 1.807) is 6.20 Å². The number of aryl methyl sites for hydroxylation is 1. The zero-order valence-corrected chi connectivity index (χ0v) is 21.8. The van der Waals surface area contributed by atoms with Gasteiger partial charge in [-0.25, -0.2) is 0 Å². The first-order chi connectivity index (χ1) is 18.7. The third kappa shape index (κ3) is 4.76. The van der Waals surface area contributed by atoms with E-state index in [1.807, 2.05) is 80.0 Å². The normalized spacial score (nSPS) is 16.9. The molecular weight excluding hydrogens is 490 g/mol. The molecule has 5 aromatic rings. The minimum Gasteiger partial charge on any atom is -0.457 e. The molecule has 38 heavy (non-hydrogen) atoms. The van der Waals surface area contributed by atoms with Crippen molar-refractivity contribution in [1.29, 1.82) is 0 Å². The molecule has 0 saturated carbocycles. The molecule has 2 aromatic carbocycles. The highest BCUT2D eigenvalue weighted by atomic mass is 32.1. The van der Waals surface area contributed by atoms with Crippen LogP contribution in [0.1, 0.15) is 34.6 Å². The van der Waals surface area contributed by atoms with Crippen LogP contribution in [-0.4, -0.2) is 19.6 Å². The van der Waals surface area contributed by atoms with E-state index in [1.165, 1.54) is 0 Å². The Morgan fingerprint density at radius 1 is 0.895 bits per heavy atom. The Morgan fingerprint density at radius 3 is 2.50 bits per heavy atom. The fourth-order valence-corrected chi connectivity index (χ4v) is 5.28. The molecule has 3 aromatic heterocycles. The quantitative estimate of drug-likeness (QED) is 0.245. The molecule has 6 nitrogen and oxygen atoms in total. The zero-order valence-electron chi connectivity index (χ0n) is 20.9. The van der Waals surface area contributed by atoms with Gasteiger partial charge in [-0.05, 0) is 90.9 Å². The summed E-state index contributed by atoms with van der Waals surface area (Å²) in [4.78, 5) is 11.2. The standard InChI is InChI=1S/C31H27N5OS/c1-22-8-2-3-12-28(22)37-25-15-13-24(14-16-25)36-30(29(34-31(36)38)26-10-4-5-18-33-26)27-11-7-19-35(27)21-23-9-6-17-32-20-23/h2-20,29-30H,21H2,1H3,(H,34,38)/t29-,30-/m0/s1. The van der Waals surface area contributed by atoms with E-state index in [9.17, 15) is 0 Å². The van der Waals surface area contributed by atoms with Crippen LogP contribution in [0.3, 0.4) is 0 Å². The van der Waals surface area contributed by atoms with Crippen LogP contribution in [0, 0.1) is 6.92 Å². The number of nitrogens with one attached hydrogen (secondary N) is 1. The third-order valence-electron chi connectivity index (χ3n) is 6.78. The van der Waals surface area contributed by atoms with Crippen molar-refractivity contribution in [1.82, 2.24) is 19.9 Å². The van der Waals surface area contributed by atoms with Gasteiger partial charge in [-0.15, -0.1) is 0 Å². The van der Waals surface area contributed by atoms with Crippen molar-refractivity contribution in [3.63, 3.8) is 0 Å². The largest absolute Gasteiger partial charge is 0.457 e. The molecular formula is C31H27N5OS. The van der Waals surface area contributed by atoms with E-state index in [4.69, 9.17) is 17.0 Å². The van der Waals surface area contributed by atoms with Gasteiger partial charge < -0.3 is 19.5 Å². The molecule has 1 fully saturated rings. The fraction of sp³-hybridized carbons (Fsp3) is 0.129. The summed E-state index contributed by atoms with van der Waals surface area (Å²) in [6.45, 7) is 2.76. The van der Waals surface area contributed by atoms with Gasteiger partial charge in [-0.2, -0.15) is 0 Å². The molecule has 0 amide bonds. The number of pyridine rings is 2. The van der Waals surface area contributed by atoms with Crippen molar-refractivity contribution in [2.24, 2.45) is 0 Å². The molecule has 1 saturated heterocycles. The van der Waals surface area contributed by atoms with E-state index >= 15 is 0 Å². The first kappa shape index (κ1) is 23.9. The first-order valence-corrected chi connectivity index (χ1v) is 13.0. The van der Waals surface area contributed by atoms with E-state index < -0.39 is 0 Å². The van der Waals surface area contributed by atoms with Crippen molar-refractivity contribution >= 4 is 23.0 Å². The summed E-state index contributed by atoms with van der Waals surface area (Å²) in [5.41, 5.74) is 5.29. The van der Waals surface area contributed by atoms with E-state index in [0.29, 0.717) is 11.7 Å². The lowest BCUT2D eigenvalue weighted by Gasteiger charge is -2.29. The van der Waals surface area contributed by atoms with Crippen molar-refractivity contribution in [2.45, 2.75) is 25.6 Å². The number of para-hydroxylation sites is 1. The maximum Gasteiger partial charge on any atom is 0.174 e. The van der Waals surface area contributed by atoms with Gasteiger partial charge in [0.05, 0.1) is 11.7 Å². The molecule has 188 valence electrons. The maximum absolute atomic E-state index is 6.14. The number of anilines is 1. The van der Waals surface area contributed by atoms with Crippen LogP contribution in [0.25, 0.3) is 0 Å². The summed E-state index contributed by atoms with van der Waals surface area (Å²) >= 11 is 5.91. The van der Waals surface area contributed by atoms with E-state index in [0.717, 1.165) is 39.7 Å². The topological polar surface area (TPSA) is 55.2 Å². The lowest BCUT2D eigenvalue weighted by Crippen LogP contribution is -2.30. The summed E-state index contributed by atoms with van der Waals surface area (Å²) in [6, 6.07) is 30.2. The number of hydrogen-bond donors (Lipinski definition) is 1. The van der Waals surface area contributed by atoms with Gasteiger partial charge in [0.2, 0.25) is 0 Å². The fourth-order valence-electron chi connectivity index (χ4n) is 4.93.